The van der Waals surface area contributed by atoms with Crippen LogP contribution in [0.2, 0.25) is 0 Å². The average Bonchev–Trinajstić information content (AvgIpc) is 2.20. The minimum atomic E-state index is 0.576. The lowest BCUT2D eigenvalue weighted by molar-refractivity contribution is 0.826. The molecule has 2 nitrogen and oxygen atoms in total. The second-order valence-electron chi connectivity index (χ2n) is 3.77. The van der Waals surface area contributed by atoms with E-state index in [0.29, 0.717) is 5.92 Å². The van der Waals surface area contributed by atoms with Gasteiger partial charge in [-0.3, -0.25) is 0 Å². The van der Waals surface area contributed by atoms with E-state index in [2.05, 4.69) is 49.7 Å². The molecule has 1 aromatic rings. The van der Waals surface area contributed by atoms with Crippen LogP contribution in [0.3, 0.4) is 0 Å². The summed E-state index contributed by atoms with van der Waals surface area (Å²) in [5, 5.41) is 0. The molecule has 0 aromatic carbocycles. The van der Waals surface area contributed by atoms with Gasteiger partial charge in [-0.25, -0.2) is 4.98 Å². The van der Waals surface area contributed by atoms with Gasteiger partial charge in [-0.1, -0.05) is 13.8 Å². The van der Waals surface area contributed by atoms with Gasteiger partial charge in [0.2, 0.25) is 0 Å². The van der Waals surface area contributed by atoms with Gasteiger partial charge >= 0.3 is 0 Å². The Labute approximate surface area is 87.0 Å². The molecular weight excluding hydrogens is 172 g/mol. The molecule has 1 heterocycles. The van der Waals surface area contributed by atoms with Crippen molar-refractivity contribution in [2.75, 3.05) is 18.0 Å². The van der Waals surface area contributed by atoms with Crippen molar-refractivity contribution in [3.63, 3.8) is 0 Å². The number of aromatic nitrogens is 1. The van der Waals surface area contributed by atoms with Crippen molar-refractivity contribution < 1.29 is 0 Å². The molecule has 78 valence electrons. The lowest BCUT2D eigenvalue weighted by Crippen LogP contribution is -2.22. The number of pyridine rings is 1. The zero-order chi connectivity index (χ0) is 10.6. The third kappa shape index (κ3) is 2.47. The second kappa shape index (κ2) is 4.99. The van der Waals surface area contributed by atoms with Gasteiger partial charge < -0.3 is 4.90 Å². The van der Waals surface area contributed by atoms with Gasteiger partial charge in [0.1, 0.15) is 5.82 Å². The summed E-state index contributed by atoms with van der Waals surface area (Å²) in [6, 6.07) is 4.29. The molecule has 0 aliphatic carbocycles. The summed E-state index contributed by atoms with van der Waals surface area (Å²) in [5.74, 6) is 1.67. The van der Waals surface area contributed by atoms with Crippen LogP contribution >= 0.6 is 0 Å². The molecule has 14 heavy (non-hydrogen) atoms. The first-order valence-electron chi connectivity index (χ1n) is 5.39. The number of hydrogen-bond donors (Lipinski definition) is 0. The van der Waals surface area contributed by atoms with Gasteiger partial charge in [0, 0.05) is 19.3 Å². The minimum absolute atomic E-state index is 0.576. The first-order chi connectivity index (χ1) is 6.69. The molecule has 0 amide bonds. The van der Waals surface area contributed by atoms with Crippen molar-refractivity contribution >= 4 is 5.82 Å². The number of nitrogens with zero attached hydrogens (tertiary/aromatic N) is 2. The zero-order valence-electron chi connectivity index (χ0n) is 9.62. The Morgan fingerprint density at radius 2 is 1.93 bits per heavy atom. The first kappa shape index (κ1) is 11.0. The fourth-order valence-corrected chi connectivity index (χ4v) is 1.51. The molecular formula is C12H20N2. The van der Waals surface area contributed by atoms with Crippen molar-refractivity contribution in [3.8, 4) is 0 Å². The van der Waals surface area contributed by atoms with Crippen LogP contribution in [0.4, 0.5) is 5.82 Å². The van der Waals surface area contributed by atoms with Gasteiger partial charge in [-0.2, -0.15) is 0 Å². The Hall–Kier alpha value is -1.05. The SMILES string of the molecule is CCN(CC)c1cc(C(C)C)ccn1. The van der Waals surface area contributed by atoms with E-state index in [-0.39, 0.29) is 0 Å². The molecule has 0 aliphatic rings. The molecule has 0 fully saturated rings. The van der Waals surface area contributed by atoms with Crippen LogP contribution in [-0.2, 0) is 0 Å². The fraction of sp³-hybridized carbons (Fsp3) is 0.583. The van der Waals surface area contributed by atoms with Gasteiger partial charge in [0.05, 0.1) is 0 Å². The summed E-state index contributed by atoms with van der Waals surface area (Å²) < 4.78 is 0. The van der Waals surface area contributed by atoms with Crippen LogP contribution in [0.5, 0.6) is 0 Å². The van der Waals surface area contributed by atoms with E-state index in [1.165, 1.54) is 5.56 Å². The highest BCUT2D eigenvalue weighted by Crippen LogP contribution is 2.18. The predicted octanol–water partition coefficient (Wildman–Crippen LogP) is 3.05. The van der Waals surface area contributed by atoms with E-state index >= 15 is 0 Å². The number of anilines is 1. The van der Waals surface area contributed by atoms with Crippen molar-refractivity contribution in [2.45, 2.75) is 33.6 Å². The van der Waals surface area contributed by atoms with Crippen LogP contribution in [0.15, 0.2) is 18.3 Å². The molecule has 0 spiro atoms. The van der Waals surface area contributed by atoms with E-state index in [0.717, 1.165) is 18.9 Å². The Morgan fingerprint density at radius 1 is 1.29 bits per heavy atom. The Bertz CT molecular complexity index is 277. The topological polar surface area (TPSA) is 16.1 Å². The molecule has 0 unspecified atom stereocenters. The molecule has 1 aromatic heterocycles. The summed E-state index contributed by atoms with van der Waals surface area (Å²) >= 11 is 0. The molecule has 0 saturated heterocycles. The standard InChI is InChI=1S/C12H20N2/c1-5-14(6-2)12-9-11(10(3)4)7-8-13-12/h7-10H,5-6H2,1-4H3. The van der Waals surface area contributed by atoms with Gasteiger partial charge in [-0.05, 0) is 37.5 Å². The van der Waals surface area contributed by atoms with Crippen molar-refractivity contribution in [1.82, 2.24) is 4.98 Å². The van der Waals surface area contributed by atoms with Crippen LogP contribution in [0, 0.1) is 0 Å². The zero-order valence-corrected chi connectivity index (χ0v) is 9.62. The third-order valence-corrected chi connectivity index (χ3v) is 2.52. The highest BCUT2D eigenvalue weighted by molar-refractivity contribution is 5.41. The van der Waals surface area contributed by atoms with Crippen LogP contribution in [0.25, 0.3) is 0 Å². The highest BCUT2D eigenvalue weighted by Gasteiger charge is 2.05. The van der Waals surface area contributed by atoms with E-state index in [1.807, 2.05) is 6.20 Å². The first-order valence-corrected chi connectivity index (χ1v) is 5.39. The van der Waals surface area contributed by atoms with Crippen molar-refractivity contribution in [3.05, 3.63) is 23.9 Å². The third-order valence-electron chi connectivity index (χ3n) is 2.52. The van der Waals surface area contributed by atoms with Gasteiger partial charge in [0.25, 0.3) is 0 Å². The maximum absolute atomic E-state index is 4.39. The molecule has 2 heteroatoms. The van der Waals surface area contributed by atoms with Gasteiger partial charge in [0.15, 0.2) is 0 Å². The van der Waals surface area contributed by atoms with E-state index in [4.69, 9.17) is 0 Å². The Balaban J connectivity index is 2.92. The summed E-state index contributed by atoms with van der Waals surface area (Å²) in [7, 11) is 0. The molecule has 0 N–H and O–H groups in total. The number of hydrogen-bond acceptors (Lipinski definition) is 2. The normalized spacial score (nSPS) is 10.6. The monoisotopic (exact) mass is 192 g/mol. The summed E-state index contributed by atoms with van der Waals surface area (Å²) in [4.78, 5) is 6.66. The molecule has 0 atom stereocenters. The number of rotatable bonds is 4. The average molecular weight is 192 g/mol. The lowest BCUT2D eigenvalue weighted by atomic mass is 10.1. The molecule has 0 aliphatic heterocycles. The maximum Gasteiger partial charge on any atom is 0.128 e. The molecule has 0 saturated carbocycles. The molecule has 1 rings (SSSR count). The van der Waals surface area contributed by atoms with Gasteiger partial charge in [-0.15, -0.1) is 0 Å². The van der Waals surface area contributed by atoms with Crippen molar-refractivity contribution in [1.29, 1.82) is 0 Å². The van der Waals surface area contributed by atoms with Crippen LogP contribution < -0.4 is 4.90 Å². The van der Waals surface area contributed by atoms with Crippen molar-refractivity contribution in [2.24, 2.45) is 0 Å². The smallest absolute Gasteiger partial charge is 0.128 e. The predicted molar refractivity (Wildman–Crippen MR) is 61.9 cm³/mol. The van der Waals surface area contributed by atoms with E-state index in [9.17, 15) is 0 Å². The summed E-state index contributed by atoms with van der Waals surface area (Å²) in [6.07, 6.45) is 1.91. The van der Waals surface area contributed by atoms with Crippen LogP contribution in [0.1, 0.15) is 39.2 Å². The lowest BCUT2D eigenvalue weighted by Gasteiger charge is -2.20. The largest absolute Gasteiger partial charge is 0.357 e. The summed E-state index contributed by atoms with van der Waals surface area (Å²) in [5.41, 5.74) is 1.36. The highest BCUT2D eigenvalue weighted by atomic mass is 15.2. The second-order valence-corrected chi connectivity index (χ2v) is 3.77. The Morgan fingerprint density at radius 3 is 2.43 bits per heavy atom. The Kier molecular flexibility index (Phi) is 3.93. The quantitative estimate of drug-likeness (QED) is 0.729. The van der Waals surface area contributed by atoms with Crippen LogP contribution in [-0.4, -0.2) is 18.1 Å². The minimum Gasteiger partial charge on any atom is -0.357 e. The fourth-order valence-electron chi connectivity index (χ4n) is 1.51. The summed E-state index contributed by atoms with van der Waals surface area (Å²) in [6.45, 7) is 10.8. The molecule has 0 radical (unpaired) electrons. The maximum atomic E-state index is 4.39. The van der Waals surface area contributed by atoms with E-state index in [1.54, 1.807) is 0 Å². The molecule has 0 bridgehead atoms. The van der Waals surface area contributed by atoms with E-state index < -0.39 is 0 Å².